The molecule has 1 atom stereocenters. The van der Waals surface area contributed by atoms with Crippen LogP contribution in [0.1, 0.15) is 37.3 Å². The number of aromatic nitrogens is 2. The third-order valence-corrected chi connectivity index (χ3v) is 3.72. The molecule has 0 aliphatic carbocycles. The van der Waals surface area contributed by atoms with Crippen molar-refractivity contribution in [2.24, 2.45) is 0 Å². The van der Waals surface area contributed by atoms with Crippen LogP contribution in [-0.4, -0.2) is 22.2 Å². The molecule has 1 N–H and O–H groups in total. The maximum atomic E-state index is 12.0. The highest BCUT2D eigenvalue weighted by Crippen LogP contribution is 2.21. The number of nitrogens with one attached hydrogen (secondary N) is 1. The molecule has 2 rings (SSSR count). The van der Waals surface area contributed by atoms with Crippen molar-refractivity contribution in [3.05, 3.63) is 34.8 Å². The Morgan fingerprint density at radius 3 is 2.67 bits per heavy atom. The van der Waals surface area contributed by atoms with Crippen molar-refractivity contribution in [3.8, 4) is 5.75 Å². The lowest BCUT2D eigenvalue weighted by molar-refractivity contribution is -0.122. The van der Waals surface area contributed by atoms with E-state index in [0.717, 1.165) is 5.01 Å². The Kier molecular flexibility index (Phi) is 4.90. The van der Waals surface area contributed by atoms with Gasteiger partial charge in [0.15, 0.2) is 6.10 Å². The monoisotopic (exact) mass is 305 g/mol. The van der Waals surface area contributed by atoms with E-state index in [1.54, 1.807) is 6.92 Å². The van der Waals surface area contributed by atoms with Crippen LogP contribution in [0.2, 0.25) is 0 Å². The van der Waals surface area contributed by atoms with E-state index in [2.05, 4.69) is 29.4 Å². The van der Waals surface area contributed by atoms with Gasteiger partial charge < -0.3 is 4.74 Å². The Morgan fingerprint density at radius 1 is 1.29 bits per heavy atom. The third-order valence-electron chi connectivity index (χ3n) is 2.96. The van der Waals surface area contributed by atoms with E-state index in [4.69, 9.17) is 4.74 Å². The SMILES string of the molecule is Cc1nnc(NC(=O)C(C)Oc2cccc(C(C)C)c2)s1. The summed E-state index contributed by atoms with van der Waals surface area (Å²) in [6.07, 6.45) is -0.600. The van der Waals surface area contributed by atoms with Crippen LogP contribution in [0.15, 0.2) is 24.3 Å². The van der Waals surface area contributed by atoms with Crippen molar-refractivity contribution in [1.29, 1.82) is 0 Å². The number of hydrogen-bond acceptors (Lipinski definition) is 5. The lowest BCUT2D eigenvalue weighted by Crippen LogP contribution is -2.30. The number of nitrogens with zero attached hydrogens (tertiary/aromatic N) is 2. The summed E-state index contributed by atoms with van der Waals surface area (Å²) in [6, 6.07) is 7.80. The smallest absolute Gasteiger partial charge is 0.266 e. The predicted octanol–water partition coefficient (Wildman–Crippen LogP) is 3.38. The fraction of sp³-hybridized carbons (Fsp3) is 0.400. The number of ether oxygens (including phenoxy) is 1. The molecule has 1 amide bonds. The Morgan fingerprint density at radius 2 is 2.05 bits per heavy atom. The van der Waals surface area contributed by atoms with Crippen molar-refractivity contribution in [2.45, 2.75) is 39.7 Å². The minimum Gasteiger partial charge on any atom is -0.481 e. The number of aryl methyl sites for hydroxylation is 1. The molecule has 1 aromatic heterocycles. The largest absolute Gasteiger partial charge is 0.481 e. The molecular weight excluding hydrogens is 286 g/mol. The second kappa shape index (κ2) is 6.67. The van der Waals surface area contributed by atoms with Gasteiger partial charge >= 0.3 is 0 Å². The maximum Gasteiger partial charge on any atom is 0.266 e. The van der Waals surface area contributed by atoms with E-state index >= 15 is 0 Å². The Balaban J connectivity index is 1.98. The molecule has 1 aromatic carbocycles. The fourth-order valence-corrected chi connectivity index (χ4v) is 2.35. The van der Waals surface area contributed by atoms with E-state index in [1.165, 1.54) is 16.9 Å². The van der Waals surface area contributed by atoms with E-state index in [-0.39, 0.29) is 5.91 Å². The van der Waals surface area contributed by atoms with Gasteiger partial charge in [-0.3, -0.25) is 10.1 Å². The molecule has 0 aliphatic rings. The van der Waals surface area contributed by atoms with Gasteiger partial charge in [0.2, 0.25) is 5.13 Å². The van der Waals surface area contributed by atoms with Gasteiger partial charge in [-0.15, -0.1) is 10.2 Å². The molecule has 1 unspecified atom stereocenters. The number of carbonyl (C=O) groups is 1. The summed E-state index contributed by atoms with van der Waals surface area (Å²) >= 11 is 1.34. The van der Waals surface area contributed by atoms with Gasteiger partial charge in [0.1, 0.15) is 10.8 Å². The number of benzene rings is 1. The van der Waals surface area contributed by atoms with Gasteiger partial charge in [0, 0.05) is 0 Å². The summed E-state index contributed by atoms with van der Waals surface area (Å²) in [5, 5.41) is 11.7. The van der Waals surface area contributed by atoms with E-state index in [0.29, 0.717) is 16.8 Å². The Hall–Kier alpha value is -1.95. The van der Waals surface area contributed by atoms with Gasteiger partial charge in [-0.2, -0.15) is 0 Å². The molecule has 6 heteroatoms. The number of hydrogen-bond donors (Lipinski definition) is 1. The fourth-order valence-electron chi connectivity index (χ4n) is 1.76. The van der Waals surface area contributed by atoms with Crippen LogP contribution in [-0.2, 0) is 4.79 Å². The summed E-state index contributed by atoms with van der Waals surface area (Å²) < 4.78 is 5.69. The molecular formula is C15H19N3O2S. The van der Waals surface area contributed by atoms with Crippen LogP contribution in [0.25, 0.3) is 0 Å². The molecule has 0 bridgehead atoms. The van der Waals surface area contributed by atoms with E-state index in [1.807, 2.05) is 31.2 Å². The molecule has 0 fully saturated rings. The second-order valence-electron chi connectivity index (χ2n) is 5.10. The molecule has 0 saturated carbocycles. The zero-order chi connectivity index (χ0) is 15.4. The predicted molar refractivity (Wildman–Crippen MR) is 83.9 cm³/mol. The van der Waals surface area contributed by atoms with Crippen molar-refractivity contribution in [1.82, 2.24) is 10.2 Å². The van der Waals surface area contributed by atoms with Crippen molar-refractivity contribution in [3.63, 3.8) is 0 Å². The molecule has 112 valence electrons. The van der Waals surface area contributed by atoms with E-state index in [9.17, 15) is 4.79 Å². The minimum atomic E-state index is -0.600. The van der Waals surface area contributed by atoms with Crippen molar-refractivity contribution >= 4 is 22.4 Å². The summed E-state index contributed by atoms with van der Waals surface area (Å²) in [4.78, 5) is 12.0. The standard InChI is InChI=1S/C15H19N3O2S/c1-9(2)12-6-5-7-13(8-12)20-10(3)14(19)16-15-18-17-11(4)21-15/h5-10H,1-4H3,(H,16,18,19). The van der Waals surface area contributed by atoms with E-state index < -0.39 is 6.10 Å². The van der Waals surface area contributed by atoms with Crippen molar-refractivity contribution in [2.75, 3.05) is 5.32 Å². The number of amides is 1. The van der Waals surface area contributed by atoms with Gasteiger partial charge in [0.05, 0.1) is 0 Å². The Bertz CT molecular complexity index is 625. The molecule has 2 aromatic rings. The summed E-state index contributed by atoms with van der Waals surface area (Å²) in [6.45, 7) is 7.79. The molecule has 21 heavy (non-hydrogen) atoms. The maximum absolute atomic E-state index is 12.0. The van der Waals surface area contributed by atoms with Gasteiger partial charge in [-0.25, -0.2) is 0 Å². The molecule has 1 heterocycles. The lowest BCUT2D eigenvalue weighted by atomic mass is 10.0. The van der Waals surface area contributed by atoms with Crippen LogP contribution in [0.3, 0.4) is 0 Å². The average molecular weight is 305 g/mol. The Labute approximate surface area is 128 Å². The van der Waals surface area contributed by atoms with Crippen LogP contribution in [0, 0.1) is 6.92 Å². The first-order valence-electron chi connectivity index (χ1n) is 6.83. The first kappa shape index (κ1) is 15.4. The molecule has 0 saturated heterocycles. The summed E-state index contributed by atoms with van der Waals surface area (Å²) in [5.74, 6) is 0.875. The van der Waals surface area contributed by atoms with Crippen molar-refractivity contribution < 1.29 is 9.53 Å². The normalized spacial score (nSPS) is 12.2. The first-order chi connectivity index (χ1) is 9.95. The second-order valence-corrected chi connectivity index (χ2v) is 6.28. The quantitative estimate of drug-likeness (QED) is 0.920. The highest BCUT2D eigenvalue weighted by atomic mass is 32.1. The highest BCUT2D eigenvalue weighted by molar-refractivity contribution is 7.15. The lowest BCUT2D eigenvalue weighted by Gasteiger charge is -2.15. The molecule has 5 nitrogen and oxygen atoms in total. The first-order valence-corrected chi connectivity index (χ1v) is 7.65. The van der Waals surface area contributed by atoms with Gasteiger partial charge in [0.25, 0.3) is 5.91 Å². The molecule has 0 aliphatic heterocycles. The molecule has 0 radical (unpaired) electrons. The van der Waals surface area contributed by atoms with Gasteiger partial charge in [-0.1, -0.05) is 37.3 Å². The third kappa shape index (κ3) is 4.26. The van der Waals surface area contributed by atoms with Crippen LogP contribution in [0.4, 0.5) is 5.13 Å². The van der Waals surface area contributed by atoms with Crippen LogP contribution in [0.5, 0.6) is 5.75 Å². The number of anilines is 1. The van der Waals surface area contributed by atoms with Crippen LogP contribution >= 0.6 is 11.3 Å². The average Bonchev–Trinajstić information content (AvgIpc) is 2.84. The molecule has 0 spiro atoms. The van der Waals surface area contributed by atoms with Crippen LogP contribution < -0.4 is 10.1 Å². The summed E-state index contributed by atoms with van der Waals surface area (Å²) in [7, 11) is 0. The zero-order valence-electron chi connectivity index (χ0n) is 12.6. The summed E-state index contributed by atoms with van der Waals surface area (Å²) in [5.41, 5.74) is 1.18. The minimum absolute atomic E-state index is 0.235. The zero-order valence-corrected chi connectivity index (χ0v) is 13.4. The topological polar surface area (TPSA) is 64.1 Å². The number of carbonyl (C=O) groups excluding carboxylic acids is 1. The highest BCUT2D eigenvalue weighted by Gasteiger charge is 2.16. The van der Waals surface area contributed by atoms with Gasteiger partial charge in [-0.05, 0) is 37.5 Å². The number of rotatable bonds is 5.